The number of alkyl halides is 1. The second-order valence-electron chi connectivity index (χ2n) is 7.43. The largest absolute Gasteiger partial charge is 0.323 e. The Bertz CT molecular complexity index is 950. The lowest BCUT2D eigenvalue weighted by molar-refractivity contribution is -0.122. The van der Waals surface area contributed by atoms with Gasteiger partial charge in [0.25, 0.3) is 0 Å². The first-order valence-electron chi connectivity index (χ1n) is 8.76. The molecule has 0 bridgehead atoms. The summed E-state index contributed by atoms with van der Waals surface area (Å²) in [5.74, 6) is 0.102. The van der Waals surface area contributed by atoms with Gasteiger partial charge in [0, 0.05) is 17.5 Å². The normalized spacial score (nSPS) is 15.2. The first kappa shape index (κ1) is 16.7. The number of anilines is 1. The standard InChI is InChI=1S/C18H21FN6O/c1-18(2,19)10-25-15-6-13(20-7-12(15)8-22-25)16-14(9-21-24-16)23-17(26)11-4-3-5-11/h6-9,11H,3-5,10H2,1-2H3,(H,21,24)(H,23,26). The maximum atomic E-state index is 14.0. The summed E-state index contributed by atoms with van der Waals surface area (Å²) in [6, 6.07) is 1.83. The summed E-state index contributed by atoms with van der Waals surface area (Å²) in [5.41, 5.74) is 1.26. The quantitative estimate of drug-likeness (QED) is 0.734. The summed E-state index contributed by atoms with van der Waals surface area (Å²) in [5, 5.41) is 15.0. The van der Waals surface area contributed by atoms with E-state index in [9.17, 15) is 9.18 Å². The van der Waals surface area contributed by atoms with Crippen LogP contribution in [-0.4, -0.2) is 36.5 Å². The SMILES string of the molecule is CC(C)(F)Cn1ncc2cnc(-c3[nH]ncc3NC(=O)C3CCC3)cc21. The number of pyridine rings is 1. The van der Waals surface area contributed by atoms with E-state index in [0.29, 0.717) is 17.1 Å². The molecule has 1 amide bonds. The number of nitrogens with one attached hydrogen (secondary N) is 2. The van der Waals surface area contributed by atoms with Gasteiger partial charge in [-0.05, 0) is 32.8 Å². The summed E-state index contributed by atoms with van der Waals surface area (Å²) in [7, 11) is 0. The van der Waals surface area contributed by atoms with E-state index in [2.05, 4.69) is 25.6 Å². The van der Waals surface area contributed by atoms with E-state index in [0.717, 1.165) is 30.2 Å². The van der Waals surface area contributed by atoms with Crippen LogP contribution in [0.1, 0.15) is 33.1 Å². The molecule has 1 saturated carbocycles. The lowest BCUT2D eigenvalue weighted by atomic mass is 9.85. The zero-order valence-electron chi connectivity index (χ0n) is 14.8. The van der Waals surface area contributed by atoms with Gasteiger partial charge in [0.15, 0.2) is 0 Å². The molecule has 7 nitrogen and oxygen atoms in total. The fourth-order valence-corrected chi connectivity index (χ4v) is 3.07. The number of halogens is 1. The van der Waals surface area contributed by atoms with Gasteiger partial charge in [-0.15, -0.1) is 0 Å². The van der Waals surface area contributed by atoms with Crippen molar-refractivity contribution in [2.75, 3.05) is 5.32 Å². The fraction of sp³-hybridized carbons (Fsp3) is 0.444. The maximum Gasteiger partial charge on any atom is 0.227 e. The third-order valence-corrected chi connectivity index (χ3v) is 4.68. The molecule has 3 aromatic heterocycles. The molecule has 1 fully saturated rings. The van der Waals surface area contributed by atoms with E-state index in [1.807, 2.05) is 6.07 Å². The molecule has 8 heteroatoms. The molecule has 3 aromatic rings. The van der Waals surface area contributed by atoms with Gasteiger partial charge in [-0.25, -0.2) is 4.39 Å². The van der Waals surface area contributed by atoms with Gasteiger partial charge in [0.05, 0.1) is 35.8 Å². The molecular weight excluding hydrogens is 335 g/mol. The molecule has 26 heavy (non-hydrogen) atoms. The summed E-state index contributed by atoms with van der Waals surface area (Å²) in [6.45, 7) is 3.19. The Labute approximate surface area is 150 Å². The fourth-order valence-electron chi connectivity index (χ4n) is 3.07. The Morgan fingerprint density at radius 1 is 1.38 bits per heavy atom. The third-order valence-electron chi connectivity index (χ3n) is 4.68. The monoisotopic (exact) mass is 356 g/mol. The van der Waals surface area contributed by atoms with Gasteiger partial charge in [-0.3, -0.25) is 19.6 Å². The predicted molar refractivity (Wildman–Crippen MR) is 96.3 cm³/mol. The maximum absolute atomic E-state index is 14.0. The van der Waals surface area contributed by atoms with Crippen LogP contribution in [0.3, 0.4) is 0 Å². The van der Waals surface area contributed by atoms with Crippen molar-refractivity contribution in [2.45, 2.75) is 45.3 Å². The van der Waals surface area contributed by atoms with Crippen molar-refractivity contribution < 1.29 is 9.18 Å². The van der Waals surface area contributed by atoms with E-state index in [1.165, 1.54) is 13.8 Å². The van der Waals surface area contributed by atoms with Crippen LogP contribution in [0.25, 0.3) is 22.3 Å². The van der Waals surface area contributed by atoms with Gasteiger partial charge >= 0.3 is 0 Å². The van der Waals surface area contributed by atoms with Crippen molar-refractivity contribution in [1.29, 1.82) is 0 Å². The number of hydrogen-bond acceptors (Lipinski definition) is 4. The molecule has 1 aliphatic rings. The molecule has 1 aliphatic carbocycles. The van der Waals surface area contributed by atoms with Crippen molar-refractivity contribution in [2.24, 2.45) is 5.92 Å². The highest BCUT2D eigenvalue weighted by Gasteiger charge is 2.26. The van der Waals surface area contributed by atoms with Crippen molar-refractivity contribution in [3.63, 3.8) is 0 Å². The topological polar surface area (TPSA) is 88.5 Å². The van der Waals surface area contributed by atoms with Crippen molar-refractivity contribution >= 4 is 22.5 Å². The molecular formula is C18H21FN6O. The van der Waals surface area contributed by atoms with Gasteiger partial charge in [0.1, 0.15) is 11.4 Å². The van der Waals surface area contributed by atoms with Gasteiger partial charge < -0.3 is 5.32 Å². The second-order valence-corrected chi connectivity index (χ2v) is 7.43. The Balaban J connectivity index is 1.65. The number of fused-ring (bicyclic) bond motifs is 1. The molecule has 0 aliphatic heterocycles. The molecule has 2 N–H and O–H groups in total. The highest BCUT2D eigenvalue weighted by atomic mass is 19.1. The van der Waals surface area contributed by atoms with Crippen LogP contribution in [0.4, 0.5) is 10.1 Å². The Hall–Kier alpha value is -2.77. The summed E-state index contributed by atoms with van der Waals surface area (Å²) in [4.78, 5) is 16.7. The van der Waals surface area contributed by atoms with Gasteiger partial charge in [-0.2, -0.15) is 10.2 Å². The molecule has 0 aromatic carbocycles. The predicted octanol–water partition coefficient (Wildman–Crippen LogP) is 3.31. The smallest absolute Gasteiger partial charge is 0.227 e. The van der Waals surface area contributed by atoms with E-state index in [1.54, 1.807) is 23.3 Å². The van der Waals surface area contributed by atoms with Gasteiger partial charge in [-0.1, -0.05) is 6.42 Å². The number of aromatic amines is 1. The Morgan fingerprint density at radius 2 is 2.19 bits per heavy atom. The van der Waals surface area contributed by atoms with Crippen molar-refractivity contribution in [3.05, 3.63) is 24.7 Å². The van der Waals surface area contributed by atoms with Crippen LogP contribution in [0.5, 0.6) is 0 Å². The minimum atomic E-state index is -1.38. The van der Waals surface area contributed by atoms with Crippen LogP contribution < -0.4 is 5.32 Å². The number of carbonyl (C=O) groups is 1. The minimum absolute atomic E-state index is 0.0178. The number of hydrogen-bond donors (Lipinski definition) is 2. The number of H-pyrrole nitrogens is 1. The van der Waals surface area contributed by atoms with Crippen LogP contribution in [-0.2, 0) is 11.3 Å². The number of amides is 1. The third kappa shape index (κ3) is 3.18. The molecule has 0 atom stereocenters. The van der Waals surface area contributed by atoms with E-state index in [4.69, 9.17) is 0 Å². The molecule has 0 radical (unpaired) electrons. The highest BCUT2D eigenvalue weighted by molar-refractivity contribution is 5.96. The van der Waals surface area contributed by atoms with Crippen LogP contribution in [0.2, 0.25) is 0 Å². The summed E-state index contributed by atoms with van der Waals surface area (Å²) >= 11 is 0. The van der Waals surface area contributed by atoms with E-state index >= 15 is 0 Å². The first-order valence-corrected chi connectivity index (χ1v) is 8.76. The van der Waals surface area contributed by atoms with Crippen LogP contribution in [0, 0.1) is 5.92 Å². The van der Waals surface area contributed by atoms with E-state index in [-0.39, 0.29) is 18.4 Å². The summed E-state index contributed by atoms with van der Waals surface area (Å²) in [6.07, 6.45) is 7.91. The minimum Gasteiger partial charge on any atom is -0.323 e. The van der Waals surface area contributed by atoms with Gasteiger partial charge in [0.2, 0.25) is 5.91 Å². The zero-order chi connectivity index (χ0) is 18.3. The number of aromatic nitrogens is 5. The number of rotatable bonds is 5. The molecule has 0 saturated heterocycles. The molecule has 0 spiro atoms. The molecule has 0 unspecified atom stereocenters. The number of nitrogens with zero attached hydrogens (tertiary/aromatic N) is 4. The molecule has 136 valence electrons. The zero-order valence-corrected chi connectivity index (χ0v) is 14.8. The van der Waals surface area contributed by atoms with Crippen LogP contribution >= 0.6 is 0 Å². The highest BCUT2D eigenvalue weighted by Crippen LogP contribution is 2.30. The van der Waals surface area contributed by atoms with Crippen molar-refractivity contribution in [1.82, 2.24) is 25.0 Å². The van der Waals surface area contributed by atoms with Crippen molar-refractivity contribution in [3.8, 4) is 11.4 Å². The Morgan fingerprint density at radius 3 is 2.88 bits per heavy atom. The number of carbonyl (C=O) groups excluding carboxylic acids is 1. The average molecular weight is 356 g/mol. The average Bonchev–Trinajstić information content (AvgIpc) is 3.11. The molecule has 4 rings (SSSR count). The van der Waals surface area contributed by atoms with Crippen LogP contribution in [0.15, 0.2) is 24.7 Å². The second kappa shape index (κ2) is 6.19. The molecule has 3 heterocycles. The first-order chi connectivity index (χ1) is 12.4. The lowest BCUT2D eigenvalue weighted by Crippen LogP contribution is -2.28. The van der Waals surface area contributed by atoms with E-state index < -0.39 is 5.67 Å². The lowest BCUT2D eigenvalue weighted by Gasteiger charge is -2.23. The summed E-state index contributed by atoms with van der Waals surface area (Å²) < 4.78 is 15.7. The Kier molecular flexibility index (Phi) is 3.97.